The highest BCUT2D eigenvalue weighted by molar-refractivity contribution is 5.96. The zero-order valence-electron chi connectivity index (χ0n) is 18.6. The molecule has 1 amide bonds. The fourth-order valence-electron chi connectivity index (χ4n) is 3.29. The predicted molar refractivity (Wildman–Crippen MR) is 130 cm³/mol. The van der Waals surface area contributed by atoms with Crippen LogP contribution in [0.4, 0.5) is 22.9 Å². The lowest BCUT2D eigenvalue weighted by molar-refractivity contribution is -0.383. The molecule has 11 heteroatoms. The number of nitrogens with zero attached hydrogens (tertiary/aromatic N) is 4. The molecule has 0 radical (unpaired) electrons. The van der Waals surface area contributed by atoms with Crippen molar-refractivity contribution in [3.8, 4) is 11.8 Å². The lowest BCUT2D eigenvalue weighted by atomic mass is 10.1. The van der Waals surface area contributed by atoms with Gasteiger partial charge in [0.05, 0.1) is 22.4 Å². The summed E-state index contributed by atoms with van der Waals surface area (Å²) in [7, 11) is 0. The van der Waals surface area contributed by atoms with Gasteiger partial charge in [-0.15, -0.1) is 0 Å². The fraction of sp³-hybridized carbons (Fsp3) is 0.0400. The van der Waals surface area contributed by atoms with E-state index < -0.39 is 23.4 Å². The van der Waals surface area contributed by atoms with E-state index in [0.717, 1.165) is 6.07 Å². The van der Waals surface area contributed by atoms with E-state index in [2.05, 4.69) is 15.7 Å². The number of rotatable bonds is 8. The van der Waals surface area contributed by atoms with Gasteiger partial charge in [-0.25, -0.2) is 9.48 Å². The number of ether oxygens (including phenoxy) is 1. The van der Waals surface area contributed by atoms with Gasteiger partial charge in [-0.1, -0.05) is 36.4 Å². The normalized spacial score (nSPS) is 10.2. The van der Waals surface area contributed by atoms with Gasteiger partial charge in [0, 0.05) is 11.8 Å². The van der Waals surface area contributed by atoms with Gasteiger partial charge < -0.3 is 15.4 Å². The number of hydrogen-bond acceptors (Lipinski definition) is 8. The summed E-state index contributed by atoms with van der Waals surface area (Å²) < 4.78 is 6.42. The Bertz CT molecular complexity index is 1460. The number of carbonyl (C=O) groups excluding carboxylic acids is 2. The van der Waals surface area contributed by atoms with E-state index in [9.17, 15) is 25.0 Å². The monoisotopic (exact) mass is 482 g/mol. The van der Waals surface area contributed by atoms with Crippen LogP contribution < -0.4 is 10.6 Å². The van der Waals surface area contributed by atoms with Crippen LogP contribution in [-0.2, 0) is 9.53 Å². The number of para-hydroxylation sites is 2. The van der Waals surface area contributed by atoms with Crippen molar-refractivity contribution in [3.63, 3.8) is 0 Å². The molecule has 0 saturated carbocycles. The highest BCUT2D eigenvalue weighted by Gasteiger charge is 2.20. The molecule has 4 aromatic rings. The zero-order chi connectivity index (χ0) is 25.5. The Labute approximate surface area is 204 Å². The molecule has 0 aliphatic carbocycles. The van der Waals surface area contributed by atoms with Crippen LogP contribution in [-0.4, -0.2) is 33.2 Å². The van der Waals surface area contributed by atoms with Crippen LogP contribution in [0.25, 0.3) is 5.69 Å². The Hall–Kier alpha value is -5.50. The summed E-state index contributed by atoms with van der Waals surface area (Å²) in [6.45, 7) is -0.679. The summed E-state index contributed by atoms with van der Waals surface area (Å²) in [5.74, 6) is -1.51. The second kappa shape index (κ2) is 10.6. The van der Waals surface area contributed by atoms with Crippen molar-refractivity contribution in [2.24, 2.45) is 0 Å². The number of nitrogens with one attached hydrogen (secondary N) is 2. The van der Waals surface area contributed by atoms with E-state index in [1.165, 1.54) is 23.0 Å². The van der Waals surface area contributed by atoms with Crippen molar-refractivity contribution < 1.29 is 19.2 Å². The molecule has 1 aromatic heterocycles. The number of nitriles is 1. The molecule has 0 aliphatic heterocycles. The first-order valence-corrected chi connectivity index (χ1v) is 10.6. The Morgan fingerprint density at radius 1 is 1.06 bits per heavy atom. The summed E-state index contributed by atoms with van der Waals surface area (Å²) >= 11 is 0. The zero-order valence-corrected chi connectivity index (χ0v) is 18.6. The van der Waals surface area contributed by atoms with Gasteiger partial charge in [0.1, 0.15) is 17.3 Å². The van der Waals surface area contributed by atoms with Crippen LogP contribution in [0.3, 0.4) is 0 Å². The molecule has 0 spiro atoms. The molecule has 0 fully saturated rings. The number of anilines is 3. The van der Waals surface area contributed by atoms with E-state index in [-0.39, 0.29) is 28.3 Å². The van der Waals surface area contributed by atoms with Crippen LogP contribution in [0, 0.1) is 21.4 Å². The minimum atomic E-state index is -0.920. The number of nitro groups is 1. The molecule has 0 unspecified atom stereocenters. The molecule has 36 heavy (non-hydrogen) atoms. The minimum Gasteiger partial charge on any atom is -0.452 e. The van der Waals surface area contributed by atoms with Crippen molar-refractivity contribution >= 4 is 34.8 Å². The van der Waals surface area contributed by atoms with Gasteiger partial charge in [0.2, 0.25) is 0 Å². The van der Waals surface area contributed by atoms with Gasteiger partial charge in [0.15, 0.2) is 12.4 Å². The van der Waals surface area contributed by atoms with Crippen molar-refractivity contribution in [3.05, 3.63) is 106 Å². The lowest BCUT2D eigenvalue weighted by Gasteiger charge is -2.11. The van der Waals surface area contributed by atoms with Crippen LogP contribution in [0.2, 0.25) is 0 Å². The number of hydrogen-bond donors (Lipinski definition) is 2. The topological polar surface area (TPSA) is 152 Å². The van der Waals surface area contributed by atoms with Gasteiger partial charge in [-0.05, 0) is 36.4 Å². The molecular formula is C25H18N6O5. The highest BCUT2D eigenvalue weighted by atomic mass is 16.6. The number of aromatic nitrogens is 2. The van der Waals surface area contributed by atoms with Crippen LogP contribution in [0.15, 0.2) is 85.1 Å². The second-order valence-corrected chi connectivity index (χ2v) is 7.37. The maximum Gasteiger partial charge on any atom is 0.338 e. The third kappa shape index (κ3) is 5.35. The van der Waals surface area contributed by atoms with E-state index >= 15 is 0 Å². The maximum atomic E-state index is 12.5. The first-order valence-electron chi connectivity index (χ1n) is 10.6. The molecule has 0 atom stereocenters. The van der Waals surface area contributed by atoms with Gasteiger partial charge in [-0.3, -0.25) is 14.9 Å². The molecule has 4 rings (SSSR count). The standard InChI is InChI=1S/C25H18N6O5/c26-14-18-15-27-30(20-9-5-2-6-10-20)24(18)29-23(32)16-36-25(33)17-11-12-21(22(13-17)31(34)35)28-19-7-3-1-4-8-19/h1-13,15,28H,16H2,(H,29,32). The van der Waals surface area contributed by atoms with Crippen molar-refractivity contribution in [2.45, 2.75) is 0 Å². The quantitative estimate of drug-likeness (QED) is 0.215. The van der Waals surface area contributed by atoms with E-state index in [4.69, 9.17) is 4.74 Å². The van der Waals surface area contributed by atoms with Crippen LogP contribution >= 0.6 is 0 Å². The molecule has 1 heterocycles. The van der Waals surface area contributed by atoms with Gasteiger partial charge in [-0.2, -0.15) is 10.4 Å². The van der Waals surface area contributed by atoms with Gasteiger partial charge >= 0.3 is 5.97 Å². The van der Waals surface area contributed by atoms with Crippen molar-refractivity contribution in [1.82, 2.24) is 9.78 Å². The minimum absolute atomic E-state index is 0.0971. The van der Waals surface area contributed by atoms with Crippen molar-refractivity contribution in [1.29, 1.82) is 5.26 Å². The predicted octanol–water partition coefficient (Wildman–Crippen LogP) is 4.19. The SMILES string of the molecule is N#Cc1cnn(-c2ccccc2)c1NC(=O)COC(=O)c1ccc(Nc2ccccc2)c([N+](=O)[O-])c1. The molecular weight excluding hydrogens is 464 g/mol. The third-order valence-corrected chi connectivity index (χ3v) is 4.97. The van der Waals surface area contributed by atoms with Gasteiger partial charge in [0.25, 0.3) is 11.6 Å². The second-order valence-electron chi connectivity index (χ2n) is 7.37. The Kier molecular flexibility index (Phi) is 6.98. The molecule has 11 nitrogen and oxygen atoms in total. The first kappa shape index (κ1) is 23.7. The summed E-state index contributed by atoms with van der Waals surface area (Å²) in [5, 5.41) is 30.5. The number of nitro benzene ring substituents is 1. The van der Waals surface area contributed by atoms with E-state index in [1.54, 1.807) is 48.5 Å². The van der Waals surface area contributed by atoms with Crippen LogP contribution in [0.5, 0.6) is 0 Å². The number of benzene rings is 3. The molecule has 0 bridgehead atoms. The molecule has 0 saturated heterocycles. The average molecular weight is 482 g/mol. The summed E-state index contributed by atoms with van der Waals surface area (Å²) in [4.78, 5) is 35.9. The highest BCUT2D eigenvalue weighted by Crippen LogP contribution is 2.29. The first-order chi connectivity index (χ1) is 17.5. The summed E-state index contributed by atoms with van der Waals surface area (Å²) in [6.07, 6.45) is 1.30. The molecule has 178 valence electrons. The number of carbonyl (C=O) groups is 2. The smallest absolute Gasteiger partial charge is 0.338 e. The third-order valence-electron chi connectivity index (χ3n) is 4.97. The number of amides is 1. The van der Waals surface area contributed by atoms with Crippen LogP contribution in [0.1, 0.15) is 15.9 Å². The van der Waals surface area contributed by atoms with E-state index in [0.29, 0.717) is 11.4 Å². The molecule has 2 N–H and O–H groups in total. The van der Waals surface area contributed by atoms with E-state index in [1.807, 2.05) is 18.2 Å². The lowest BCUT2D eigenvalue weighted by Crippen LogP contribution is -2.23. The average Bonchev–Trinajstić information content (AvgIpc) is 3.30. The Morgan fingerprint density at radius 2 is 1.75 bits per heavy atom. The van der Waals surface area contributed by atoms with Crippen molar-refractivity contribution in [2.75, 3.05) is 17.2 Å². The summed E-state index contributed by atoms with van der Waals surface area (Å²) in [6, 6.07) is 23.5. The molecule has 0 aliphatic rings. The summed E-state index contributed by atoms with van der Waals surface area (Å²) in [5.41, 5.74) is 1.14. The largest absolute Gasteiger partial charge is 0.452 e. The Balaban J connectivity index is 1.44. The maximum absolute atomic E-state index is 12.5. The fourth-order valence-corrected chi connectivity index (χ4v) is 3.29. The molecule has 3 aromatic carbocycles. The Morgan fingerprint density at radius 3 is 2.42 bits per heavy atom. The number of esters is 1.